The van der Waals surface area contributed by atoms with Crippen molar-refractivity contribution in [2.45, 2.75) is 19.9 Å². The van der Waals surface area contributed by atoms with Crippen LogP contribution in [-0.4, -0.2) is 35.6 Å². The van der Waals surface area contributed by atoms with E-state index in [9.17, 15) is 4.79 Å². The number of carbonyl (C=O) groups is 1. The summed E-state index contributed by atoms with van der Waals surface area (Å²) < 4.78 is 0. The molecular formula is C7H13NO2. The molecule has 1 rings (SSSR count). The molecule has 1 N–H and O–H groups in total. The lowest BCUT2D eigenvalue weighted by molar-refractivity contribution is -0.158. The van der Waals surface area contributed by atoms with Crippen molar-refractivity contribution in [3.05, 3.63) is 0 Å². The molecule has 1 fully saturated rings. The zero-order valence-corrected chi connectivity index (χ0v) is 6.59. The average Bonchev–Trinajstić information content (AvgIpc) is 1.58. The van der Waals surface area contributed by atoms with Crippen molar-refractivity contribution in [2.75, 3.05) is 13.6 Å². The van der Waals surface area contributed by atoms with Crippen LogP contribution >= 0.6 is 0 Å². The molecule has 0 amide bonds. The number of carboxylic acids is 1. The lowest BCUT2D eigenvalue weighted by atomic mass is 9.75. The van der Waals surface area contributed by atoms with E-state index in [0.29, 0.717) is 0 Å². The number of carboxylic acid groups (broad SMARTS) is 1. The zero-order valence-electron chi connectivity index (χ0n) is 6.59. The van der Waals surface area contributed by atoms with Crippen LogP contribution in [-0.2, 0) is 4.79 Å². The molecule has 0 unspecified atom stereocenters. The fourth-order valence-electron chi connectivity index (χ4n) is 1.83. The molecule has 0 spiro atoms. The van der Waals surface area contributed by atoms with Crippen molar-refractivity contribution in [3.8, 4) is 0 Å². The molecule has 0 aromatic rings. The van der Waals surface area contributed by atoms with E-state index in [2.05, 4.69) is 0 Å². The number of hydrogen-bond donors (Lipinski definition) is 1. The highest BCUT2D eigenvalue weighted by Crippen LogP contribution is 2.35. The number of likely N-dealkylation sites (tertiary alicyclic amines) is 1. The molecule has 1 heterocycles. The monoisotopic (exact) mass is 143 g/mol. The minimum atomic E-state index is -0.709. The smallest absolute Gasteiger partial charge is 0.321 e. The molecule has 1 aliphatic rings. The Hall–Kier alpha value is -0.570. The minimum absolute atomic E-state index is 0.0411. The summed E-state index contributed by atoms with van der Waals surface area (Å²) in [4.78, 5) is 12.4. The normalized spacial score (nSPS) is 31.3. The van der Waals surface area contributed by atoms with Crippen LogP contribution in [0.3, 0.4) is 0 Å². The summed E-state index contributed by atoms with van der Waals surface area (Å²) in [6, 6.07) is -0.285. The van der Waals surface area contributed by atoms with Gasteiger partial charge in [0.1, 0.15) is 6.04 Å². The third kappa shape index (κ3) is 0.904. The molecule has 1 saturated heterocycles. The number of nitrogens with zero attached hydrogens (tertiary/aromatic N) is 1. The quantitative estimate of drug-likeness (QED) is 0.578. The Labute approximate surface area is 60.6 Å². The third-order valence-electron chi connectivity index (χ3n) is 2.07. The molecule has 0 aromatic heterocycles. The van der Waals surface area contributed by atoms with Crippen molar-refractivity contribution in [1.82, 2.24) is 4.90 Å². The van der Waals surface area contributed by atoms with E-state index in [1.807, 2.05) is 25.8 Å². The first kappa shape index (κ1) is 7.54. The van der Waals surface area contributed by atoms with Crippen molar-refractivity contribution in [1.29, 1.82) is 0 Å². The van der Waals surface area contributed by atoms with Crippen LogP contribution in [0.1, 0.15) is 13.8 Å². The first-order valence-corrected chi connectivity index (χ1v) is 3.38. The van der Waals surface area contributed by atoms with Gasteiger partial charge in [0.2, 0.25) is 0 Å². The van der Waals surface area contributed by atoms with Crippen molar-refractivity contribution in [3.63, 3.8) is 0 Å². The van der Waals surface area contributed by atoms with Crippen LogP contribution in [0.25, 0.3) is 0 Å². The second-order valence-corrected chi connectivity index (χ2v) is 3.64. The van der Waals surface area contributed by atoms with Crippen LogP contribution in [0.2, 0.25) is 0 Å². The van der Waals surface area contributed by atoms with Gasteiger partial charge in [0, 0.05) is 12.0 Å². The van der Waals surface area contributed by atoms with Gasteiger partial charge >= 0.3 is 5.97 Å². The molecule has 0 bridgehead atoms. The predicted octanol–water partition coefficient (Wildman–Crippen LogP) is 0.411. The molecule has 0 saturated carbocycles. The van der Waals surface area contributed by atoms with Crippen LogP contribution in [0.15, 0.2) is 0 Å². The maximum atomic E-state index is 10.6. The summed E-state index contributed by atoms with van der Waals surface area (Å²) in [6.07, 6.45) is 0. The van der Waals surface area contributed by atoms with Gasteiger partial charge in [0.05, 0.1) is 0 Å². The molecule has 0 aromatic carbocycles. The van der Waals surface area contributed by atoms with Gasteiger partial charge in [-0.3, -0.25) is 9.69 Å². The van der Waals surface area contributed by atoms with Gasteiger partial charge in [-0.1, -0.05) is 13.8 Å². The Morgan fingerprint density at radius 1 is 1.70 bits per heavy atom. The first-order chi connectivity index (χ1) is 4.45. The van der Waals surface area contributed by atoms with E-state index in [-0.39, 0.29) is 11.5 Å². The van der Waals surface area contributed by atoms with Gasteiger partial charge in [0.15, 0.2) is 0 Å². The molecule has 1 aliphatic heterocycles. The van der Waals surface area contributed by atoms with Gasteiger partial charge in [-0.2, -0.15) is 0 Å². The van der Waals surface area contributed by atoms with Gasteiger partial charge in [-0.25, -0.2) is 0 Å². The molecule has 1 atom stereocenters. The van der Waals surface area contributed by atoms with Gasteiger partial charge in [-0.15, -0.1) is 0 Å². The Bertz CT molecular complexity index is 165. The molecule has 3 nitrogen and oxygen atoms in total. The van der Waals surface area contributed by atoms with Gasteiger partial charge < -0.3 is 5.11 Å². The lowest BCUT2D eigenvalue weighted by Crippen LogP contribution is -2.63. The van der Waals surface area contributed by atoms with Crippen LogP contribution < -0.4 is 0 Å². The Morgan fingerprint density at radius 2 is 2.20 bits per heavy atom. The highest BCUT2D eigenvalue weighted by Gasteiger charge is 2.47. The summed E-state index contributed by atoms with van der Waals surface area (Å²) in [7, 11) is 1.84. The molecule has 58 valence electrons. The molecule has 3 heteroatoms. The highest BCUT2D eigenvalue weighted by molar-refractivity contribution is 5.75. The third-order valence-corrected chi connectivity index (χ3v) is 2.07. The highest BCUT2D eigenvalue weighted by atomic mass is 16.4. The summed E-state index contributed by atoms with van der Waals surface area (Å²) in [5, 5.41) is 8.70. The maximum absolute atomic E-state index is 10.6. The fraction of sp³-hybridized carbons (Fsp3) is 0.857. The summed E-state index contributed by atoms with van der Waals surface area (Å²) >= 11 is 0. The van der Waals surface area contributed by atoms with E-state index < -0.39 is 5.97 Å². The minimum Gasteiger partial charge on any atom is -0.480 e. The SMILES string of the molecule is CN1CC(C)(C)[C@@H]1C(=O)O. The Morgan fingerprint density at radius 3 is 2.30 bits per heavy atom. The van der Waals surface area contributed by atoms with E-state index in [1.165, 1.54) is 0 Å². The summed E-state index contributed by atoms with van der Waals surface area (Å²) in [6.45, 7) is 4.83. The second-order valence-electron chi connectivity index (χ2n) is 3.64. The number of hydrogen-bond acceptors (Lipinski definition) is 2. The van der Waals surface area contributed by atoms with Crippen LogP contribution in [0.5, 0.6) is 0 Å². The van der Waals surface area contributed by atoms with Crippen LogP contribution in [0.4, 0.5) is 0 Å². The van der Waals surface area contributed by atoms with Crippen molar-refractivity contribution in [2.24, 2.45) is 5.41 Å². The maximum Gasteiger partial charge on any atom is 0.321 e. The number of rotatable bonds is 1. The average molecular weight is 143 g/mol. The molecule has 10 heavy (non-hydrogen) atoms. The van der Waals surface area contributed by atoms with E-state index in [0.717, 1.165) is 6.54 Å². The predicted molar refractivity (Wildman–Crippen MR) is 37.8 cm³/mol. The first-order valence-electron chi connectivity index (χ1n) is 3.38. The summed E-state index contributed by atoms with van der Waals surface area (Å²) in [5.41, 5.74) is -0.0411. The van der Waals surface area contributed by atoms with Crippen LogP contribution in [0, 0.1) is 5.41 Å². The topological polar surface area (TPSA) is 40.5 Å². The van der Waals surface area contributed by atoms with E-state index in [4.69, 9.17) is 5.11 Å². The van der Waals surface area contributed by atoms with E-state index in [1.54, 1.807) is 0 Å². The largest absolute Gasteiger partial charge is 0.480 e. The molecule has 0 aliphatic carbocycles. The zero-order chi connectivity index (χ0) is 7.94. The lowest BCUT2D eigenvalue weighted by Gasteiger charge is -2.49. The number of aliphatic carboxylic acids is 1. The fourth-order valence-corrected chi connectivity index (χ4v) is 1.83. The second kappa shape index (κ2) is 1.95. The number of likely N-dealkylation sites (N-methyl/N-ethyl adjacent to an activating group) is 1. The molecule has 0 radical (unpaired) electrons. The molecular weight excluding hydrogens is 130 g/mol. The van der Waals surface area contributed by atoms with Crippen molar-refractivity contribution >= 4 is 5.97 Å². The Balaban J connectivity index is 2.66. The van der Waals surface area contributed by atoms with E-state index >= 15 is 0 Å². The van der Waals surface area contributed by atoms with Crippen molar-refractivity contribution < 1.29 is 9.90 Å². The summed E-state index contributed by atoms with van der Waals surface area (Å²) in [5.74, 6) is -0.709. The van der Waals surface area contributed by atoms with Gasteiger partial charge in [0.25, 0.3) is 0 Å². The standard InChI is InChI=1S/C7H13NO2/c1-7(2)4-8(3)5(7)6(9)10/h5H,4H2,1-3H3,(H,9,10)/t5-/m0/s1. The van der Waals surface area contributed by atoms with Gasteiger partial charge in [-0.05, 0) is 7.05 Å². The Kier molecular flexibility index (Phi) is 1.47.